The van der Waals surface area contributed by atoms with Crippen LogP contribution in [0.1, 0.15) is 0 Å². The van der Waals surface area contributed by atoms with Crippen molar-refractivity contribution in [3.8, 4) is 28.7 Å². The van der Waals surface area contributed by atoms with Crippen LogP contribution in [0, 0.1) is 5.82 Å². The Balaban J connectivity index is 1.71. The second-order valence-corrected chi connectivity index (χ2v) is 5.58. The number of hydrogen-bond acceptors (Lipinski definition) is 6. The van der Waals surface area contributed by atoms with Crippen LogP contribution >= 0.6 is 11.6 Å². The van der Waals surface area contributed by atoms with Gasteiger partial charge in [0.2, 0.25) is 5.82 Å². The maximum Gasteiger partial charge on any atom is 0.282 e. The number of anilines is 1. The lowest BCUT2D eigenvalue weighted by Gasteiger charge is -2.02. The molecule has 0 amide bonds. The zero-order valence-corrected chi connectivity index (χ0v) is 13.4. The molecule has 4 aromatic rings. The van der Waals surface area contributed by atoms with E-state index >= 15 is 0 Å². The zero-order valence-electron chi connectivity index (χ0n) is 12.6. The Hall–Kier alpha value is -3.26. The number of nitrogens with zero attached hydrogens (tertiary/aromatic N) is 5. The lowest BCUT2D eigenvalue weighted by Crippen LogP contribution is -2.02. The SMILES string of the molecule is Nc1c(-c2nc(-c3ccc(Cl)cc3)no2)nnn1-c1cccc(F)c1. The Labute approximate surface area is 145 Å². The van der Waals surface area contributed by atoms with Crippen molar-refractivity contribution in [1.82, 2.24) is 25.1 Å². The fraction of sp³-hybridized carbons (Fsp3) is 0. The van der Waals surface area contributed by atoms with E-state index in [9.17, 15) is 4.39 Å². The molecule has 0 atom stereocenters. The maximum atomic E-state index is 13.4. The highest BCUT2D eigenvalue weighted by Crippen LogP contribution is 2.27. The van der Waals surface area contributed by atoms with Gasteiger partial charge in [0.05, 0.1) is 5.69 Å². The average Bonchev–Trinajstić information content (AvgIpc) is 3.22. The van der Waals surface area contributed by atoms with Crippen molar-refractivity contribution >= 4 is 17.4 Å². The van der Waals surface area contributed by atoms with Crippen LogP contribution in [0.3, 0.4) is 0 Å². The van der Waals surface area contributed by atoms with Crippen LogP contribution in [0.4, 0.5) is 10.2 Å². The van der Waals surface area contributed by atoms with Gasteiger partial charge in [-0.3, -0.25) is 0 Å². The minimum atomic E-state index is -0.406. The summed E-state index contributed by atoms with van der Waals surface area (Å²) in [5, 5.41) is 12.4. The number of aromatic nitrogens is 5. The van der Waals surface area contributed by atoms with Crippen LogP contribution in [0.2, 0.25) is 5.02 Å². The van der Waals surface area contributed by atoms with Crippen molar-refractivity contribution in [2.45, 2.75) is 0 Å². The third-order valence-electron chi connectivity index (χ3n) is 3.49. The number of nitrogen functional groups attached to an aromatic ring is 1. The minimum absolute atomic E-state index is 0.116. The first-order valence-corrected chi connectivity index (χ1v) is 7.57. The molecule has 2 aromatic carbocycles. The summed E-state index contributed by atoms with van der Waals surface area (Å²) in [6, 6.07) is 12.8. The molecular weight excluding hydrogens is 347 g/mol. The van der Waals surface area contributed by atoms with Crippen molar-refractivity contribution in [3.05, 3.63) is 59.4 Å². The summed E-state index contributed by atoms with van der Waals surface area (Å²) in [6.07, 6.45) is 0. The molecule has 2 heterocycles. The van der Waals surface area contributed by atoms with Crippen LogP contribution in [-0.2, 0) is 0 Å². The van der Waals surface area contributed by atoms with E-state index in [0.717, 1.165) is 5.56 Å². The highest BCUT2D eigenvalue weighted by Gasteiger charge is 2.20. The molecule has 0 saturated carbocycles. The molecule has 124 valence electrons. The molecule has 0 aliphatic rings. The van der Waals surface area contributed by atoms with Gasteiger partial charge in [-0.2, -0.15) is 9.67 Å². The van der Waals surface area contributed by atoms with Crippen LogP contribution in [0.5, 0.6) is 0 Å². The van der Waals surface area contributed by atoms with Gasteiger partial charge >= 0.3 is 0 Å². The molecule has 25 heavy (non-hydrogen) atoms. The van der Waals surface area contributed by atoms with Crippen molar-refractivity contribution < 1.29 is 8.91 Å². The quantitative estimate of drug-likeness (QED) is 0.604. The summed E-state index contributed by atoms with van der Waals surface area (Å²) >= 11 is 5.86. The van der Waals surface area contributed by atoms with Gasteiger partial charge in [-0.1, -0.05) is 28.0 Å². The van der Waals surface area contributed by atoms with E-state index in [4.69, 9.17) is 21.9 Å². The monoisotopic (exact) mass is 356 g/mol. The van der Waals surface area contributed by atoms with Crippen LogP contribution in [0.15, 0.2) is 53.1 Å². The second kappa shape index (κ2) is 5.99. The molecule has 0 bridgehead atoms. The molecule has 0 spiro atoms. The summed E-state index contributed by atoms with van der Waals surface area (Å²) in [6.45, 7) is 0. The van der Waals surface area contributed by atoms with Crippen molar-refractivity contribution in [2.24, 2.45) is 0 Å². The molecule has 0 aliphatic carbocycles. The smallest absolute Gasteiger partial charge is 0.282 e. The van der Waals surface area contributed by atoms with E-state index in [1.807, 2.05) is 0 Å². The lowest BCUT2D eigenvalue weighted by atomic mass is 10.2. The molecule has 0 aliphatic heterocycles. The first-order chi connectivity index (χ1) is 12.1. The van der Waals surface area contributed by atoms with Crippen molar-refractivity contribution in [2.75, 3.05) is 5.73 Å². The van der Waals surface area contributed by atoms with E-state index in [1.54, 1.807) is 36.4 Å². The van der Waals surface area contributed by atoms with Gasteiger partial charge in [0.15, 0.2) is 11.5 Å². The van der Waals surface area contributed by atoms with Crippen molar-refractivity contribution in [1.29, 1.82) is 0 Å². The largest absolute Gasteiger partial charge is 0.382 e. The Morgan fingerprint density at radius 3 is 2.68 bits per heavy atom. The average molecular weight is 357 g/mol. The molecule has 2 N–H and O–H groups in total. The molecule has 0 radical (unpaired) electrons. The highest BCUT2D eigenvalue weighted by atomic mass is 35.5. The van der Waals surface area contributed by atoms with Gasteiger partial charge in [0, 0.05) is 10.6 Å². The van der Waals surface area contributed by atoms with E-state index in [-0.39, 0.29) is 17.4 Å². The molecule has 2 aromatic heterocycles. The Morgan fingerprint density at radius 1 is 1.12 bits per heavy atom. The topological polar surface area (TPSA) is 95.7 Å². The number of halogens is 2. The van der Waals surface area contributed by atoms with Gasteiger partial charge in [0.25, 0.3) is 5.89 Å². The normalized spacial score (nSPS) is 11.0. The van der Waals surface area contributed by atoms with E-state index in [0.29, 0.717) is 16.5 Å². The standard InChI is InChI=1S/C16H10ClFN6O/c17-10-6-4-9(5-7-10)15-20-16(25-22-15)13-14(19)24(23-21-13)12-3-1-2-11(18)8-12/h1-8H,19H2. The Bertz CT molecular complexity index is 1040. The molecule has 0 unspecified atom stereocenters. The molecular formula is C16H10ClFN6O. The van der Waals surface area contributed by atoms with Crippen molar-refractivity contribution in [3.63, 3.8) is 0 Å². The Morgan fingerprint density at radius 2 is 1.92 bits per heavy atom. The number of benzene rings is 2. The fourth-order valence-electron chi connectivity index (χ4n) is 2.28. The number of hydrogen-bond donors (Lipinski definition) is 1. The van der Waals surface area contributed by atoms with Crippen LogP contribution in [-0.4, -0.2) is 25.1 Å². The molecule has 7 nitrogen and oxygen atoms in total. The summed E-state index contributed by atoms with van der Waals surface area (Å²) in [4.78, 5) is 4.28. The molecule has 4 rings (SSSR count). The summed E-state index contributed by atoms with van der Waals surface area (Å²) in [7, 11) is 0. The van der Waals surface area contributed by atoms with Gasteiger partial charge < -0.3 is 10.3 Å². The number of nitrogens with two attached hydrogens (primary N) is 1. The summed E-state index contributed by atoms with van der Waals surface area (Å²) in [5.74, 6) is 0.241. The van der Waals surface area contributed by atoms with Gasteiger partial charge in [-0.25, -0.2) is 4.39 Å². The molecule has 9 heteroatoms. The van der Waals surface area contributed by atoms with Crippen LogP contribution in [0.25, 0.3) is 28.7 Å². The maximum absolute atomic E-state index is 13.4. The third-order valence-corrected chi connectivity index (χ3v) is 3.74. The highest BCUT2D eigenvalue weighted by molar-refractivity contribution is 6.30. The first kappa shape index (κ1) is 15.3. The molecule has 0 saturated heterocycles. The minimum Gasteiger partial charge on any atom is -0.382 e. The zero-order chi connectivity index (χ0) is 17.4. The predicted molar refractivity (Wildman–Crippen MR) is 89.5 cm³/mol. The molecule has 0 fully saturated rings. The van der Waals surface area contributed by atoms with E-state index in [1.165, 1.54) is 16.8 Å². The Kier molecular flexibility index (Phi) is 3.66. The van der Waals surface area contributed by atoms with Gasteiger partial charge in [-0.05, 0) is 42.5 Å². The van der Waals surface area contributed by atoms with E-state index in [2.05, 4.69) is 20.5 Å². The first-order valence-electron chi connectivity index (χ1n) is 7.19. The predicted octanol–water partition coefficient (Wildman–Crippen LogP) is 3.36. The van der Waals surface area contributed by atoms with Crippen LogP contribution < -0.4 is 5.73 Å². The fourth-order valence-corrected chi connectivity index (χ4v) is 2.40. The second-order valence-electron chi connectivity index (χ2n) is 5.14. The van der Waals surface area contributed by atoms with Gasteiger partial charge in [-0.15, -0.1) is 5.10 Å². The summed E-state index contributed by atoms with van der Waals surface area (Å²) < 4.78 is 19.9. The summed E-state index contributed by atoms with van der Waals surface area (Å²) in [5.41, 5.74) is 7.45. The third kappa shape index (κ3) is 2.83. The van der Waals surface area contributed by atoms with Gasteiger partial charge in [0.1, 0.15) is 5.82 Å². The number of rotatable bonds is 3. The van der Waals surface area contributed by atoms with E-state index < -0.39 is 5.82 Å². The lowest BCUT2D eigenvalue weighted by molar-refractivity contribution is 0.431.